The average molecular weight is 214 g/mol. The lowest BCUT2D eigenvalue weighted by Crippen LogP contribution is -2.35. The third kappa shape index (κ3) is 5.50. The van der Waals surface area contributed by atoms with Crippen LogP contribution in [0.5, 0.6) is 0 Å². The second-order valence-corrected chi connectivity index (χ2v) is 4.73. The molecule has 0 saturated carbocycles. The Hall–Kier alpha value is -0.120. The van der Waals surface area contributed by atoms with Crippen molar-refractivity contribution in [1.82, 2.24) is 10.2 Å². The molecule has 0 aliphatic carbocycles. The van der Waals surface area contributed by atoms with Crippen molar-refractivity contribution >= 4 is 0 Å². The van der Waals surface area contributed by atoms with Gasteiger partial charge in [0, 0.05) is 12.6 Å². The van der Waals surface area contributed by atoms with E-state index in [2.05, 4.69) is 17.1 Å². The average Bonchev–Trinajstić information content (AvgIpc) is 2.41. The van der Waals surface area contributed by atoms with Crippen LogP contribution in [0.1, 0.15) is 39.5 Å². The summed E-state index contributed by atoms with van der Waals surface area (Å²) in [4.78, 5) is 2.56. The Morgan fingerprint density at radius 1 is 1.40 bits per heavy atom. The summed E-state index contributed by atoms with van der Waals surface area (Å²) in [5.74, 6) is 0. The topological polar surface area (TPSA) is 35.5 Å². The minimum absolute atomic E-state index is 0.222. The van der Waals surface area contributed by atoms with Crippen LogP contribution >= 0.6 is 0 Å². The molecule has 0 bridgehead atoms. The molecule has 1 saturated heterocycles. The van der Waals surface area contributed by atoms with Gasteiger partial charge in [0.15, 0.2) is 0 Å². The summed E-state index contributed by atoms with van der Waals surface area (Å²) in [7, 11) is 0. The van der Waals surface area contributed by atoms with Crippen LogP contribution in [-0.4, -0.2) is 48.3 Å². The molecule has 0 aromatic rings. The van der Waals surface area contributed by atoms with E-state index in [4.69, 9.17) is 0 Å². The maximum Gasteiger partial charge on any atom is 0.0636 e. The fourth-order valence-electron chi connectivity index (χ4n) is 2.24. The van der Waals surface area contributed by atoms with Crippen molar-refractivity contribution in [2.75, 3.05) is 26.2 Å². The first kappa shape index (κ1) is 12.9. The van der Waals surface area contributed by atoms with Gasteiger partial charge in [-0.2, -0.15) is 0 Å². The zero-order valence-corrected chi connectivity index (χ0v) is 10.2. The van der Waals surface area contributed by atoms with E-state index >= 15 is 0 Å². The number of nitrogens with zero attached hydrogens (tertiary/aromatic N) is 1. The lowest BCUT2D eigenvalue weighted by Gasteiger charge is -2.19. The molecule has 2 atom stereocenters. The Bertz CT molecular complexity index is 162. The molecule has 3 heteroatoms. The number of hydrogen-bond acceptors (Lipinski definition) is 3. The number of nitrogens with one attached hydrogen (secondary N) is 1. The van der Waals surface area contributed by atoms with E-state index in [1.54, 1.807) is 0 Å². The van der Waals surface area contributed by atoms with Gasteiger partial charge in [0.25, 0.3) is 0 Å². The zero-order chi connectivity index (χ0) is 11.1. The Labute approximate surface area is 93.9 Å². The highest BCUT2D eigenvalue weighted by Crippen LogP contribution is 2.11. The van der Waals surface area contributed by atoms with E-state index in [1.165, 1.54) is 45.3 Å². The highest BCUT2D eigenvalue weighted by molar-refractivity contribution is 4.75. The molecule has 0 aromatic carbocycles. The minimum Gasteiger partial charge on any atom is -0.392 e. The molecule has 0 spiro atoms. The fraction of sp³-hybridized carbons (Fsp3) is 1.00. The standard InChI is InChI=1S/C12H26N2O/c1-3-7-14-8-4-5-12(6-9-14)13-10-11(2)15/h11-13,15H,3-10H2,1-2H3. The molecule has 0 aromatic heterocycles. The van der Waals surface area contributed by atoms with Crippen LogP contribution in [-0.2, 0) is 0 Å². The third-order valence-electron chi connectivity index (χ3n) is 3.06. The van der Waals surface area contributed by atoms with Gasteiger partial charge in [0.05, 0.1) is 6.10 Å². The first-order chi connectivity index (χ1) is 7.22. The summed E-state index contributed by atoms with van der Waals surface area (Å²) in [6.45, 7) is 8.52. The van der Waals surface area contributed by atoms with E-state index in [9.17, 15) is 5.11 Å². The SMILES string of the molecule is CCCN1CCCC(NCC(C)O)CC1. The van der Waals surface area contributed by atoms with Gasteiger partial charge in [-0.25, -0.2) is 0 Å². The van der Waals surface area contributed by atoms with E-state index in [1.807, 2.05) is 6.92 Å². The molecular weight excluding hydrogens is 188 g/mol. The van der Waals surface area contributed by atoms with E-state index in [-0.39, 0.29) is 6.10 Å². The molecule has 90 valence electrons. The monoisotopic (exact) mass is 214 g/mol. The van der Waals surface area contributed by atoms with E-state index in [0.717, 1.165) is 6.54 Å². The van der Waals surface area contributed by atoms with Gasteiger partial charge in [-0.05, 0) is 52.2 Å². The fourth-order valence-corrected chi connectivity index (χ4v) is 2.24. The summed E-state index contributed by atoms with van der Waals surface area (Å²) in [5.41, 5.74) is 0. The van der Waals surface area contributed by atoms with Crippen LogP contribution < -0.4 is 5.32 Å². The maximum atomic E-state index is 9.22. The van der Waals surface area contributed by atoms with E-state index in [0.29, 0.717) is 6.04 Å². The number of rotatable bonds is 5. The Balaban J connectivity index is 2.20. The molecule has 1 fully saturated rings. The quantitative estimate of drug-likeness (QED) is 0.722. The first-order valence-corrected chi connectivity index (χ1v) is 6.36. The lowest BCUT2D eigenvalue weighted by molar-refractivity contribution is 0.184. The van der Waals surface area contributed by atoms with Crippen LogP contribution in [0.2, 0.25) is 0 Å². The van der Waals surface area contributed by atoms with Crippen LogP contribution in [0.3, 0.4) is 0 Å². The van der Waals surface area contributed by atoms with E-state index < -0.39 is 0 Å². The third-order valence-corrected chi connectivity index (χ3v) is 3.06. The first-order valence-electron chi connectivity index (χ1n) is 6.36. The van der Waals surface area contributed by atoms with Crippen molar-refractivity contribution in [3.05, 3.63) is 0 Å². The zero-order valence-electron chi connectivity index (χ0n) is 10.2. The van der Waals surface area contributed by atoms with Gasteiger partial charge < -0.3 is 15.3 Å². The molecule has 1 aliphatic rings. The van der Waals surface area contributed by atoms with Crippen molar-refractivity contribution in [3.8, 4) is 0 Å². The molecule has 2 N–H and O–H groups in total. The number of aliphatic hydroxyl groups is 1. The maximum absolute atomic E-state index is 9.22. The molecular formula is C12H26N2O. The van der Waals surface area contributed by atoms with Crippen molar-refractivity contribution in [2.45, 2.75) is 51.7 Å². The smallest absolute Gasteiger partial charge is 0.0636 e. The predicted molar refractivity (Wildman–Crippen MR) is 64.1 cm³/mol. The molecule has 0 amide bonds. The van der Waals surface area contributed by atoms with Gasteiger partial charge in [-0.3, -0.25) is 0 Å². The number of aliphatic hydroxyl groups excluding tert-OH is 1. The van der Waals surface area contributed by atoms with Crippen molar-refractivity contribution in [2.24, 2.45) is 0 Å². The van der Waals surface area contributed by atoms with Gasteiger partial charge in [0.1, 0.15) is 0 Å². The van der Waals surface area contributed by atoms with Crippen molar-refractivity contribution in [1.29, 1.82) is 0 Å². The van der Waals surface area contributed by atoms with Gasteiger partial charge >= 0.3 is 0 Å². The minimum atomic E-state index is -0.222. The normalized spacial score (nSPS) is 26.2. The summed E-state index contributed by atoms with van der Waals surface area (Å²) in [6, 6.07) is 0.612. The van der Waals surface area contributed by atoms with Gasteiger partial charge in [0.2, 0.25) is 0 Å². The molecule has 15 heavy (non-hydrogen) atoms. The van der Waals surface area contributed by atoms with Crippen LogP contribution in [0.15, 0.2) is 0 Å². The Morgan fingerprint density at radius 3 is 2.87 bits per heavy atom. The molecule has 1 heterocycles. The predicted octanol–water partition coefficient (Wildman–Crippen LogP) is 1.22. The number of hydrogen-bond donors (Lipinski definition) is 2. The summed E-state index contributed by atoms with van der Waals surface area (Å²) in [5, 5.41) is 12.7. The summed E-state index contributed by atoms with van der Waals surface area (Å²) in [6.07, 6.45) is 4.81. The molecule has 1 aliphatic heterocycles. The Kier molecular flexibility index (Phi) is 6.22. The summed E-state index contributed by atoms with van der Waals surface area (Å²) < 4.78 is 0. The second-order valence-electron chi connectivity index (χ2n) is 4.73. The van der Waals surface area contributed by atoms with Gasteiger partial charge in [-0.15, -0.1) is 0 Å². The largest absolute Gasteiger partial charge is 0.392 e. The lowest BCUT2D eigenvalue weighted by atomic mass is 10.1. The molecule has 0 radical (unpaired) electrons. The Morgan fingerprint density at radius 2 is 2.20 bits per heavy atom. The molecule has 2 unspecified atom stereocenters. The summed E-state index contributed by atoms with van der Waals surface area (Å²) >= 11 is 0. The van der Waals surface area contributed by atoms with Gasteiger partial charge in [-0.1, -0.05) is 6.92 Å². The van der Waals surface area contributed by atoms with Crippen molar-refractivity contribution < 1.29 is 5.11 Å². The molecule has 1 rings (SSSR count). The molecule has 3 nitrogen and oxygen atoms in total. The van der Waals surface area contributed by atoms with Crippen LogP contribution in [0.4, 0.5) is 0 Å². The highest BCUT2D eigenvalue weighted by Gasteiger charge is 2.15. The van der Waals surface area contributed by atoms with Crippen LogP contribution in [0.25, 0.3) is 0 Å². The highest BCUT2D eigenvalue weighted by atomic mass is 16.3. The van der Waals surface area contributed by atoms with Crippen molar-refractivity contribution in [3.63, 3.8) is 0 Å². The second kappa shape index (κ2) is 7.20. The number of likely N-dealkylation sites (tertiary alicyclic amines) is 1. The van der Waals surface area contributed by atoms with Crippen LogP contribution in [0, 0.1) is 0 Å².